The minimum absolute atomic E-state index is 0.184. The average molecular weight is 328 g/mol. The third-order valence-corrected chi connectivity index (χ3v) is 4.58. The van der Waals surface area contributed by atoms with E-state index in [0.29, 0.717) is 13.2 Å². The van der Waals surface area contributed by atoms with Crippen LogP contribution < -0.4 is 14.4 Å². The summed E-state index contributed by atoms with van der Waals surface area (Å²) in [7, 11) is 0. The number of ether oxygens (including phenoxy) is 2. The molecule has 0 N–H and O–H groups in total. The summed E-state index contributed by atoms with van der Waals surface area (Å²) in [6, 6.07) is 12.9. The Bertz CT molecular complexity index is 697. The second kappa shape index (κ2) is 6.69. The van der Waals surface area contributed by atoms with Crippen molar-refractivity contribution < 1.29 is 13.9 Å². The van der Waals surface area contributed by atoms with E-state index >= 15 is 0 Å². The molecule has 1 fully saturated rings. The molecule has 0 bridgehead atoms. The predicted molar refractivity (Wildman–Crippen MR) is 91.3 cm³/mol. The fraction of sp³-hybridized carbons (Fsp3) is 0.368. The molecule has 0 saturated carbocycles. The molecule has 4 nitrogen and oxygen atoms in total. The monoisotopic (exact) mass is 328 g/mol. The van der Waals surface area contributed by atoms with Gasteiger partial charge in [0.15, 0.2) is 11.5 Å². The van der Waals surface area contributed by atoms with Crippen LogP contribution in [0.5, 0.6) is 11.5 Å². The quantitative estimate of drug-likeness (QED) is 0.865. The molecule has 0 unspecified atom stereocenters. The minimum Gasteiger partial charge on any atom is -0.486 e. The molecule has 0 atom stereocenters. The van der Waals surface area contributed by atoms with Gasteiger partial charge in [-0.15, -0.1) is 0 Å². The Kier molecular flexibility index (Phi) is 4.26. The maximum Gasteiger partial charge on any atom is 0.161 e. The van der Waals surface area contributed by atoms with Gasteiger partial charge in [0.05, 0.1) is 0 Å². The van der Waals surface area contributed by atoms with Crippen molar-refractivity contribution >= 4 is 5.69 Å². The van der Waals surface area contributed by atoms with E-state index in [4.69, 9.17) is 9.47 Å². The fourth-order valence-corrected chi connectivity index (χ4v) is 3.26. The number of rotatable bonds is 3. The highest BCUT2D eigenvalue weighted by Crippen LogP contribution is 2.31. The van der Waals surface area contributed by atoms with Crippen LogP contribution in [-0.4, -0.2) is 44.3 Å². The highest BCUT2D eigenvalue weighted by molar-refractivity contribution is 5.47. The van der Waals surface area contributed by atoms with Crippen molar-refractivity contribution in [3.05, 3.63) is 53.8 Å². The normalized spacial score (nSPS) is 17.8. The zero-order chi connectivity index (χ0) is 16.4. The molecule has 24 heavy (non-hydrogen) atoms. The van der Waals surface area contributed by atoms with Crippen molar-refractivity contribution in [3.8, 4) is 11.5 Å². The minimum atomic E-state index is -0.184. The van der Waals surface area contributed by atoms with Gasteiger partial charge in [-0.1, -0.05) is 6.07 Å². The van der Waals surface area contributed by atoms with Gasteiger partial charge in [0, 0.05) is 38.4 Å². The van der Waals surface area contributed by atoms with Gasteiger partial charge in [0.1, 0.15) is 19.0 Å². The maximum atomic E-state index is 13.0. The molecule has 2 aliphatic rings. The molecule has 5 heteroatoms. The van der Waals surface area contributed by atoms with E-state index in [1.54, 1.807) is 0 Å². The van der Waals surface area contributed by atoms with Crippen LogP contribution >= 0.6 is 0 Å². The zero-order valence-electron chi connectivity index (χ0n) is 13.6. The molecule has 2 aromatic carbocycles. The molecule has 1 saturated heterocycles. The highest BCUT2D eigenvalue weighted by atomic mass is 19.1. The Morgan fingerprint density at radius 3 is 2.29 bits per heavy atom. The maximum absolute atomic E-state index is 13.0. The standard InChI is InChI=1S/C19H21FN2O2/c20-16-2-4-17(5-3-16)22-9-7-21(8-10-22)14-15-1-6-18-19(13-15)24-12-11-23-18/h1-6,13H,7-12,14H2. The Labute approximate surface area is 141 Å². The SMILES string of the molecule is Fc1ccc(N2CCN(Cc3ccc4c(c3)OCCO4)CC2)cc1. The lowest BCUT2D eigenvalue weighted by molar-refractivity contribution is 0.171. The van der Waals surface area contributed by atoms with Gasteiger partial charge < -0.3 is 14.4 Å². The third-order valence-electron chi connectivity index (χ3n) is 4.58. The van der Waals surface area contributed by atoms with Gasteiger partial charge in [-0.05, 0) is 42.0 Å². The Balaban J connectivity index is 1.35. The molecule has 0 amide bonds. The van der Waals surface area contributed by atoms with Crippen molar-refractivity contribution in [1.29, 1.82) is 0 Å². The van der Waals surface area contributed by atoms with Crippen molar-refractivity contribution in [1.82, 2.24) is 4.90 Å². The molecule has 2 heterocycles. The molecule has 2 aliphatic heterocycles. The summed E-state index contributed by atoms with van der Waals surface area (Å²) in [5, 5.41) is 0. The molecule has 2 aromatic rings. The first-order valence-corrected chi connectivity index (χ1v) is 8.39. The molecule has 126 valence electrons. The van der Waals surface area contributed by atoms with Crippen molar-refractivity contribution in [2.75, 3.05) is 44.3 Å². The Hall–Kier alpha value is -2.27. The first-order chi connectivity index (χ1) is 11.8. The molecule has 0 aliphatic carbocycles. The number of halogens is 1. The summed E-state index contributed by atoms with van der Waals surface area (Å²) in [5.74, 6) is 1.51. The molecule has 0 spiro atoms. The number of hydrogen-bond donors (Lipinski definition) is 0. The van der Waals surface area contributed by atoms with Gasteiger partial charge >= 0.3 is 0 Å². The number of nitrogens with zero attached hydrogens (tertiary/aromatic N) is 2. The van der Waals surface area contributed by atoms with Crippen LogP contribution in [-0.2, 0) is 6.54 Å². The number of hydrogen-bond acceptors (Lipinski definition) is 4. The summed E-state index contributed by atoms with van der Waals surface area (Å²) in [5.41, 5.74) is 2.34. The number of piperazine rings is 1. The Morgan fingerprint density at radius 2 is 1.54 bits per heavy atom. The second-order valence-electron chi connectivity index (χ2n) is 6.22. The molecule has 0 aromatic heterocycles. The molecular formula is C19H21FN2O2. The van der Waals surface area contributed by atoms with Crippen molar-refractivity contribution in [2.24, 2.45) is 0 Å². The van der Waals surface area contributed by atoms with E-state index in [1.165, 1.54) is 17.7 Å². The van der Waals surface area contributed by atoms with Crippen molar-refractivity contribution in [3.63, 3.8) is 0 Å². The number of benzene rings is 2. The smallest absolute Gasteiger partial charge is 0.161 e. The van der Waals surface area contributed by atoms with E-state index in [-0.39, 0.29) is 5.82 Å². The van der Waals surface area contributed by atoms with Gasteiger partial charge in [0.2, 0.25) is 0 Å². The zero-order valence-corrected chi connectivity index (χ0v) is 13.6. The number of anilines is 1. The van der Waals surface area contributed by atoms with E-state index < -0.39 is 0 Å². The molecule has 4 rings (SSSR count). The van der Waals surface area contributed by atoms with Crippen LogP contribution in [0.3, 0.4) is 0 Å². The summed E-state index contributed by atoms with van der Waals surface area (Å²) in [6.45, 7) is 6.04. The van der Waals surface area contributed by atoms with Gasteiger partial charge in [-0.3, -0.25) is 4.90 Å². The summed E-state index contributed by atoms with van der Waals surface area (Å²) >= 11 is 0. The predicted octanol–water partition coefficient (Wildman–Crippen LogP) is 2.92. The lowest BCUT2D eigenvalue weighted by atomic mass is 10.1. The molecule has 0 radical (unpaired) electrons. The largest absolute Gasteiger partial charge is 0.486 e. The fourth-order valence-electron chi connectivity index (χ4n) is 3.26. The molecular weight excluding hydrogens is 307 g/mol. The van der Waals surface area contributed by atoms with E-state index in [2.05, 4.69) is 21.9 Å². The van der Waals surface area contributed by atoms with E-state index in [1.807, 2.05) is 18.2 Å². The lowest BCUT2D eigenvalue weighted by Crippen LogP contribution is -2.45. The number of fused-ring (bicyclic) bond motifs is 1. The van der Waals surface area contributed by atoms with Crippen LogP contribution in [0.4, 0.5) is 10.1 Å². The lowest BCUT2D eigenvalue weighted by Gasteiger charge is -2.36. The van der Waals surface area contributed by atoms with Crippen LogP contribution in [0.1, 0.15) is 5.56 Å². The van der Waals surface area contributed by atoms with Crippen LogP contribution in [0, 0.1) is 5.82 Å². The average Bonchev–Trinajstić information content (AvgIpc) is 2.63. The van der Waals surface area contributed by atoms with E-state index in [9.17, 15) is 4.39 Å². The van der Waals surface area contributed by atoms with Crippen molar-refractivity contribution in [2.45, 2.75) is 6.54 Å². The summed E-state index contributed by atoms with van der Waals surface area (Å²) in [6.07, 6.45) is 0. The summed E-state index contributed by atoms with van der Waals surface area (Å²) < 4.78 is 24.3. The first kappa shape index (κ1) is 15.3. The van der Waals surface area contributed by atoms with Crippen LogP contribution in [0.25, 0.3) is 0 Å². The van der Waals surface area contributed by atoms with Gasteiger partial charge in [0.25, 0.3) is 0 Å². The van der Waals surface area contributed by atoms with Crippen LogP contribution in [0.15, 0.2) is 42.5 Å². The topological polar surface area (TPSA) is 24.9 Å². The summed E-state index contributed by atoms with van der Waals surface area (Å²) in [4.78, 5) is 4.74. The van der Waals surface area contributed by atoms with Crippen LogP contribution in [0.2, 0.25) is 0 Å². The third kappa shape index (κ3) is 3.31. The second-order valence-corrected chi connectivity index (χ2v) is 6.22. The highest BCUT2D eigenvalue weighted by Gasteiger charge is 2.18. The first-order valence-electron chi connectivity index (χ1n) is 8.39. The van der Waals surface area contributed by atoms with E-state index in [0.717, 1.165) is 49.9 Å². The van der Waals surface area contributed by atoms with Gasteiger partial charge in [-0.2, -0.15) is 0 Å². The van der Waals surface area contributed by atoms with Gasteiger partial charge in [-0.25, -0.2) is 4.39 Å². The Morgan fingerprint density at radius 1 is 0.833 bits per heavy atom.